The Balaban J connectivity index is 1.10. The van der Waals surface area contributed by atoms with Gasteiger partial charge in [0.1, 0.15) is 23.3 Å². The molecule has 0 spiro atoms. The fraction of sp³-hybridized carbons (Fsp3) is 0.0455. The van der Waals surface area contributed by atoms with Gasteiger partial charge in [-0.25, -0.2) is 9.98 Å². The molecule has 8 aromatic rings. The van der Waals surface area contributed by atoms with Crippen LogP contribution in [0.3, 0.4) is 0 Å². The Morgan fingerprint density at radius 3 is 2.20 bits per heavy atom. The second-order valence-corrected chi connectivity index (χ2v) is 12.7. The molecule has 0 saturated carbocycles. The van der Waals surface area contributed by atoms with Crippen LogP contribution >= 0.6 is 0 Å². The first kappa shape index (κ1) is 27.6. The second kappa shape index (κ2) is 11.1. The Hall–Kier alpha value is -6.46. The fourth-order valence-electron chi connectivity index (χ4n) is 7.32. The maximum atomic E-state index is 6.25. The molecule has 3 heterocycles. The van der Waals surface area contributed by atoms with E-state index < -0.39 is 0 Å². The minimum atomic E-state index is -0.298. The van der Waals surface area contributed by atoms with Crippen LogP contribution in [0.2, 0.25) is 0 Å². The van der Waals surface area contributed by atoms with E-state index in [4.69, 9.17) is 14.4 Å². The zero-order valence-electron chi connectivity index (χ0n) is 26.5. The summed E-state index contributed by atoms with van der Waals surface area (Å²) in [6, 6.07) is 49.4. The number of fused-ring (bicyclic) bond motifs is 6. The van der Waals surface area contributed by atoms with Crippen molar-refractivity contribution in [2.45, 2.75) is 12.7 Å². The second-order valence-electron chi connectivity index (χ2n) is 12.7. The first-order chi connectivity index (χ1) is 24.2. The van der Waals surface area contributed by atoms with Crippen LogP contribution in [0.5, 0.6) is 0 Å². The molecule has 10 rings (SSSR count). The fourth-order valence-corrected chi connectivity index (χ4v) is 7.32. The van der Waals surface area contributed by atoms with Gasteiger partial charge in [0, 0.05) is 22.1 Å². The molecule has 0 aliphatic carbocycles. The van der Waals surface area contributed by atoms with E-state index in [1.54, 1.807) is 0 Å². The highest BCUT2D eigenvalue weighted by molar-refractivity contribution is 6.15. The molecule has 1 aromatic heterocycles. The highest BCUT2D eigenvalue weighted by atomic mass is 16.3. The third-order valence-electron chi connectivity index (χ3n) is 9.74. The van der Waals surface area contributed by atoms with Gasteiger partial charge in [-0.3, -0.25) is 0 Å². The molecule has 2 aliphatic rings. The van der Waals surface area contributed by atoms with Crippen molar-refractivity contribution in [2.75, 3.05) is 0 Å². The van der Waals surface area contributed by atoms with Gasteiger partial charge in [0.05, 0.1) is 6.54 Å². The highest BCUT2D eigenvalue weighted by Gasteiger charge is 2.23. The molecule has 5 heteroatoms. The van der Waals surface area contributed by atoms with Crippen molar-refractivity contribution < 1.29 is 4.42 Å². The Kier molecular flexibility index (Phi) is 6.24. The predicted octanol–water partition coefficient (Wildman–Crippen LogP) is 10.1. The predicted molar refractivity (Wildman–Crippen MR) is 202 cm³/mol. The average Bonchev–Trinajstić information content (AvgIpc) is 3.56. The summed E-state index contributed by atoms with van der Waals surface area (Å²) in [5, 5.41) is 15.2. The van der Waals surface area contributed by atoms with Gasteiger partial charge in [0.15, 0.2) is 5.84 Å². The lowest BCUT2D eigenvalue weighted by molar-refractivity contribution is 0.532. The van der Waals surface area contributed by atoms with E-state index in [1.807, 2.05) is 6.20 Å². The van der Waals surface area contributed by atoms with E-state index in [2.05, 4.69) is 156 Å². The van der Waals surface area contributed by atoms with Crippen molar-refractivity contribution in [3.8, 4) is 11.1 Å². The Bertz CT molecular complexity index is 2710. The summed E-state index contributed by atoms with van der Waals surface area (Å²) in [4.78, 5) is 10.4. The smallest absolute Gasteiger partial charge is 0.159 e. The van der Waals surface area contributed by atoms with Crippen molar-refractivity contribution in [2.24, 2.45) is 9.98 Å². The summed E-state index contributed by atoms with van der Waals surface area (Å²) in [6.45, 7) is 0.693. The van der Waals surface area contributed by atoms with Crippen LogP contribution in [0, 0.1) is 0 Å². The van der Waals surface area contributed by atoms with Crippen LogP contribution < -0.4 is 10.6 Å². The van der Waals surface area contributed by atoms with E-state index in [1.165, 1.54) is 38.1 Å². The Labute approximate surface area is 283 Å². The molecular weight excluding hydrogens is 601 g/mol. The monoisotopic (exact) mass is 630 g/mol. The third kappa shape index (κ3) is 4.70. The molecule has 2 aliphatic heterocycles. The minimum absolute atomic E-state index is 0.298. The van der Waals surface area contributed by atoms with Gasteiger partial charge in [0.2, 0.25) is 0 Å². The Morgan fingerprint density at radius 1 is 0.612 bits per heavy atom. The van der Waals surface area contributed by atoms with E-state index >= 15 is 0 Å². The summed E-state index contributed by atoms with van der Waals surface area (Å²) in [5.41, 5.74) is 7.50. The largest absolute Gasteiger partial charge is 0.459 e. The molecule has 232 valence electrons. The summed E-state index contributed by atoms with van der Waals surface area (Å²) < 4.78 is 6.25. The van der Waals surface area contributed by atoms with Crippen LogP contribution in [-0.4, -0.2) is 11.7 Å². The molecule has 1 atom stereocenters. The van der Waals surface area contributed by atoms with E-state index in [0.717, 1.165) is 50.2 Å². The zero-order valence-corrected chi connectivity index (χ0v) is 26.5. The van der Waals surface area contributed by atoms with Crippen molar-refractivity contribution >= 4 is 61.0 Å². The highest BCUT2D eigenvalue weighted by Crippen LogP contribution is 2.39. The summed E-state index contributed by atoms with van der Waals surface area (Å²) in [6.07, 6.45) is 3.82. The van der Waals surface area contributed by atoms with Crippen molar-refractivity contribution in [3.63, 3.8) is 0 Å². The van der Waals surface area contributed by atoms with Gasteiger partial charge in [-0.1, -0.05) is 115 Å². The number of hydrogen-bond donors (Lipinski definition) is 2. The number of nitrogens with one attached hydrogen (secondary N) is 2. The van der Waals surface area contributed by atoms with Gasteiger partial charge in [0.25, 0.3) is 0 Å². The summed E-state index contributed by atoms with van der Waals surface area (Å²) >= 11 is 0. The third-order valence-corrected chi connectivity index (χ3v) is 9.74. The van der Waals surface area contributed by atoms with Gasteiger partial charge < -0.3 is 15.1 Å². The zero-order chi connectivity index (χ0) is 32.3. The normalized spacial score (nSPS) is 15.6. The molecule has 49 heavy (non-hydrogen) atoms. The average molecular weight is 631 g/mol. The van der Waals surface area contributed by atoms with Crippen LogP contribution in [0.4, 0.5) is 0 Å². The Morgan fingerprint density at radius 2 is 1.33 bits per heavy atom. The molecule has 0 saturated heterocycles. The number of nitrogens with zero attached hydrogens (tertiary/aromatic N) is 2. The van der Waals surface area contributed by atoms with Gasteiger partial charge >= 0.3 is 0 Å². The topological polar surface area (TPSA) is 61.9 Å². The molecule has 0 fully saturated rings. The van der Waals surface area contributed by atoms with Gasteiger partial charge in [-0.15, -0.1) is 0 Å². The lowest BCUT2D eigenvalue weighted by atomic mass is 9.93. The summed E-state index contributed by atoms with van der Waals surface area (Å²) in [5.74, 6) is 2.48. The molecule has 1 unspecified atom stereocenters. The van der Waals surface area contributed by atoms with Gasteiger partial charge in [-0.05, 0) is 85.5 Å². The lowest BCUT2D eigenvalue weighted by Gasteiger charge is -2.24. The van der Waals surface area contributed by atoms with Crippen molar-refractivity contribution in [3.05, 3.63) is 174 Å². The van der Waals surface area contributed by atoms with Crippen molar-refractivity contribution in [1.82, 2.24) is 10.6 Å². The number of benzene rings is 7. The maximum absolute atomic E-state index is 6.25. The van der Waals surface area contributed by atoms with E-state index in [-0.39, 0.29) is 6.17 Å². The first-order valence-corrected chi connectivity index (χ1v) is 16.6. The number of aliphatic imine (C=N–C) groups is 2. The van der Waals surface area contributed by atoms with Gasteiger partial charge in [-0.2, -0.15) is 0 Å². The molecule has 7 aromatic carbocycles. The van der Waals surface area contributed by atoms with E-state index in [0.29, 0.717) is 12.4 Å². The quantitative estimate of drug-likeness (QED) is 0.203. The minimum Gasteiger partial charge on any atom is -0.459 e. The summed E-state index contributed by atoms with van der Waals surface area (Å²) in [7, 11) is 0. The first-order valence-electron chi connectivity index (χ1n) is 16.6. The molecule has 0 amide bonds. The number of hydrogen-bond acceptors (Lipinski definition) is 5. The van der Waals surface area contributed by atoms with Crippen LogP contribution in [0.15, 0.2) is 160 Å². The van der Waals surface area contributed by atoms with Crippen LogP contribution in [-0.2, 0) is 6.54 Å². The van der Waals surface area contributed by atoms with Crippen molar-refractivity contribution in [1.29, 1.82) is 0 Å². The number of amidine groups is 2. The number of furan rings is 1. The maximum Gasteiger partial charge on any atom is 0.159 e. The van der Waals surface area contributed by atoms with Crippen LogP contribution in [0.1, 0.15) is 34.2 Å². The lowest BCUT2D eigenvalue weighted by Crippen LogP contribution is -2.33. The van der Waals surface area contributed by atoms with E-state index in [9.17, 15) is 0 Å². The molecule has 5 nitrogen and oxygen atoms in total. The number of rotatable bonds is 4. The van der Waals surface area contributed by atoms with Crippen LogP contribution in [0.25, 0.3) is 60.5 Å². The molecule has 0 radical (unpaired) electrons. The molecule has 0 bridgehead atoms. The molecule has 2 N–H and O–H groups in total. The standard InChI is InChI=1S/C44H30N4O/c1-3-9-29-23-32(17-15-27(29)7-1)42-46-43(33-18-16-28-8-2-4-10-30(28)24-33)48-44(47-42)34-19-20-35-31(25-34)11-5-12-36(35)37-13-6-14-39-41(37)38-21-22-45-26-40(38)49-39/h1-25,42,45H,26H2,(H,46,47,48). The SMILES string of the molecule is C1=Cc2c(oc3cccc(-c4cccc5cc(C6=NC(c7ccc8ccccc8c7)=NC(c7ccc8ccccc8c7)N6)ccc45)c23)CN1. The molecular formula is C44H30N4O.